The molecule has 1 amide bonds. The van der Waals surface area contributed by atoms with Crippen molar-refractivity contribution >= 4 is 22.4 Å². The van der Waals surface area contributed by atoms with Crippen molar-refractivity contribution in [2.24, 2.45) is 0 Å². The van der Waals surface area contributed by atoms with Gasteiger partial charge in [0.15, 0.2) is 6.61 Å². The van der Waals surface area contributed by atoms with E-state index in [1.807, 2.05) is 30.3 Å². The number of nitrogens with zero attached hydrogens (tertiary/aromatic N) is 2. The predicted octanol–water partition coefficient (Wildman–Crippen LogP) is 3.13. The number of amides is 1. The maximum Gasteiger partial charge on any atom is 0.264 e. The van der Waals surface area contributed by atoms with Crippen molar-refractivity contribution in [2.75, 3.05) is 11.9 Å². The Kier molecular flexibility index (Phi) is 5.36. The van der Waals surface area contributed by atoms with Crippen LogP contribution in [-0.4, -0.2) is 22.7 Å². The number of aromatic nitrogens is 2. The Morgan fingerprint density at radius 2 is 1.71 bits per heavy atom. The first-order valence-corrected chi connectivity index (χ1v) is 8.13. The lowest BCUT2D eigenvalue weighted by Crippen LogP contribution is -2.20. The molecule has 0 saturated carbocycles. The molecule has 0 spiro atoms. The van der Waals surface area contributed by atoms with Crippen LogP contribution in [0.25, 0.3) is 0 Å². The van der Waals surface area contributed by atoms with Crippen molar-refractivity contribution in [3.05, 3.63) is 65.7 Å². The molecule has 6 nitrogen and oxygen atoms in total. The van der Waals surface area contributed by atoms with Gasteiger partial charge in [-0.25, -0.2) is 0 Å². The van der Waals surface area contributed by atoms with Crippen LogP contribution in [0.4, 0.5) is 5.13 Å². The first-order chi connectivity index (χ1) is 11.8. The second-order valence-electron chi connectivity index (χ2n) is 4.83. The fraction of sp³-hybridized carbons (Fsp3) is 0.118. The summed E-state index contributed by atoms with van der Waals surface area (Å²) in [5.41, 5.74) is 2.65. The number of carbonyl (C=O) groups is 1. The van der Waals surface area contributed by atoms with Gasteiger partial charge in [-0.3, -0.25) is 10.1 Å². The van der Waals surface area contributed by atoms with E-state index in [1.165, 1.54) is 11.3 Å². The second-order valence-corrected chi connectivity index (χ2v) is 5.66. The summed E-state index contributed by atoms with van der Waals surface area (Å²) < 4.78 is 11.1. The number of rotatable bonds is 7. The standard InChI is InChI=1S/C17H15N3O3S/c21-16(19-17-20-18-12-24-17)11-23-15-8-6-14(7-9-15)22-10-13-4-2-1-3-5-13/h1-9,12H,10-11H2,(H,19,20,21). The molecule has 7 heteroatoms. The summed E-state index contributed by atoms with van der Waals surface area (Å²) in [5.74, 6) is 1.05. The minimum Gasteiger partial charge on any atom is -0.489 e. The highest BCUT2D eigenvalue weighted by Gasteiger charge is 2.06. The van der Waals surface area contributed by atoms with E-state index in [-0.39, 0.29) is 12.5 Å². The zero-order chi connectivity index (χ0) is 16.6. The van der Waals surface area contributed by atoms with Crippen LogP contribution in [0, 0.1) is 0 Å². The molecule has 0 saturated heterocycles. The van der Waals surface area contributed by atoms with E-state index in [0.717, 1.165) is 11.3 Å². The van der Waals surface area contributed by atoms with E-state index in [9.17, 15) is 4.79 Å². The number of benzene rings is 2. The van der Waals surface area contributed by atoms with Gasteiger partial charge in [-0.2, -0.15) is 0 Å². The van der Waals surface area contributed by atoms with Gasteiger partial charge in [0, 0.05) is 0 Å². The van der Waals surface area contributed by atoms with E-state index < -0.39 is 0 Å². The minimum absolute atomic E-state index is 0.0935. The molecule has 1 N–H and O–H groups in total. The first-order valence-electron chi connectivity index (χ1n) is 7.25. The van der Waals surface area contributed by atoms with Gasteiger partial charge in [-0.15, -0.1) is 10.2 Å². The molecule has 0 aliphatic rings. The lowest BCUT2D eigenvalue weighted by Gasteiger charge is -2.08. The summed E-state index contributed by atoms with van der Waals surface area (Å²) in [6.45, 7) is 0.412. The van der Waals surface area contributed by atoms with E-state index in [0.29, 0.717) is 17.5 Å². The van der Waals surface area contributed by atoms with Gasteiger partial charge in [-0.05, 0) is 29.8 Å². The topological polar surface area (TPSA) is 73.3 Å². The molecule has 0 aliphatic carbocycles. The number of anilines is 1. The summed E-state index contributed by atoms with van der Waals surface area (Å²) in [7, 11) is 0. The maximum atomic E-state index is 11.7. The zero-order valence-corrected chi connectivity index (χ0v) is 13.5. The third-order valence-corrected chi connectivity index (χ3v) is 3.66. The Labute approximate surface area is 143 Å². The van der Waals surface area contributed by atoms with E-state index >= 15 is 0 Å². The molecule has 0 atom stereocenters. The molecule has 0 fully saturated rings. The van der Waals surface area contributed by atoms with Crippen molar-refractivity contribution in [1.82, 2.24) is 10.2 Å². The Hall–Kier alpha value is -2.93. The predicted molar refractivity (Wildman–Crippen MR) is 91.2 cm³/mol. The Morgan fingerprint density at radius 1 is 1.00 bits per heavy atom. The summed E-state index contributed by atoms with van der Waals surface area (Å²) in [4.78, 5) is 11.7. The molecular weight excluding hydrogens is 326 g/mol. The molecule has 1 heterocycles. The Morgan fingerprint density at radius 3 is 2.38 bits per heavy atom. The van der Waals surface area contributed by atoms with Crippen LogP contribution < -0.4 is 14.8 Å². The Balaban J connectivity index is 1.45. The molecule has 122 valence electrons. The fourth-order valence-electron chi connectivity index (χ4n) is 1.90. The van der Waals surface area contributed by atoms with Crippen molar-refractivity contribution < 1.29 is 14.3 Å². The molecule has 3 aromatic rings. The second kappa shape index (κ2) is 8.07. The molecule has 24 heavy (non-hydrogen) atoms. The molecule has 1 aromatic heterocycles. The summed E-state index contributed by atoms with van der Waals surface area (Å²) in [5, 5.41) is 10.4. The monoisotopic (exact) mass is 341 g/mol. The highest BCUT2D eigenvalue weighted by Crippen LogP contribution is 2.19. The number of carbonyl (C=O) groups excluding carboxylic acids is 1. The van der Waals surface area contributed by atoms with Crippen LogP contribution in [0.1, 0.15) is 5.56 Å². The molecular formula is C17H15N3O3S. The van der Waals surface area contributed by atoms with Crippen LogP contribution in [-0.2, 0) is 11.4 Å². The lowest BCUT2D eigenvalue weighted by atomic mass is 10.2. The van der Waals surface area contributed by atoms with E-state index in [1.54, 1.807) is 29.8 Å². The van der Waals surface area contributed by atoms with Gasteiger partial charge in [0.1, 0.15) is 23.6 Å². The third kappa shape index (κ3) is 4.79. The molecule has 0 radical (unpaired) electrons. The number of nitrogens with one attached hydrogen (secondary N) is 1. The third-order valence-electron chi connectivity index (χ3n) is 3.05. The smallest absolute Gasteiger partial charge is 0.264 e. The highest BCUT2D eigenvalue weighted by atomic mass is 32.1. The van der Waals surface area contributed by atoms with Crippen molar-refractivity contribution in [3.63, 3.8) is 0 Å². The largest absolute Gasteiger partial charge is 0.489 e. The van der Waals surface area contributed by atoms with Gasteiger partial charge >= 0.3 is 0 Å². The zero-order valence-electron chi connectivity index (χ0n) is 12.7. The summed E-state index contributed by atoms with van der Waals surface area (Å²) in [6.07, 6.45) is 0. The van der Waals surface area contributed by atoms with Gasteiger partial charge in [0.2, 0.25) is 5.13 Å². The van der Waals surface area contributed by atoms with Crippen molar-refractivity contribution in [3.8, 4) is 11.5 Å². The molecule has 0 unspecified atom stereocenters. The van der Waals surface area contributed by atoms with Crippen LogP contribution in [0.2, 0.25) is 0 Å². The summed E-state index contributed by atoms with van der Waals surface area (Å²) in [6, 6.07) is 17.1. The minimum atomic E-state index is -0.281. The number of hydrogen-bond acceptors (Lipinski definition) is 6. The highest BCUT2D eigenvalue weighted by molar-refractivity contribution is 7.13. The number of hydrogen-bond donors (Lipinski definition) is 1. The van der Waals surface area contributed by atoms with Crippen molar-refractivity contribution in [2.45, 2.75) is 6.61 Å². The molecule has 0 aliphatic heterocycles. The van der Waals surface area contributed by atoms with Crippen LogP contribution in [0.5, 0.6) is 11.5 Å². The molecule has 3 rings (SSSR count). The van der Waals surface area contributed by atoms with Crippen LogP contribution in [0.15, 0.2) is 60.1 Å². The lowest BCUT2D eigenvalue weighted by molar-refractivity contribution is -0.118. The maximum absolute atomic E-state index is 11.7. The van der Waals surface area contributed by atoms with E-state index in [4.69, 9.17) is 9.47 Å². The van der Waals surface area contributed by atoms with Gasteiger partial charge in [0.05, 0.1) is 0 Å². The average molecular weight is 341 g/mol. The first kappa shape index (κ1) is 15.9. The molecule has 0 bridgehead atoms. The number of ether oxygens (including phenoxy) is 2. The van der Waals surface area contributed by atoms with E-state index in [2.05, 4.69) is 15.5 Å². The summed E-state index contributed by atoms with van der Waals surface area (Å²) >= 11 is 1.25. The SMILES string of the molecule is O=C(COc1ccc(OCc2ccccc2)cc1)Nc1nncs1. The average Bonchev–Trinajstić information content (AvgIpc) is 3.13. The van der Waals surface area contributed by atoms with Crippen LogP contribution in [0.3, 0.4) is 0 Å². The normalized spacial score (nSPS) is 10.2. The van der Waals surface area contributed by atoms with Gasteiger partial charge in [0.25, 0.3) is 5.91 Å². The van der Waals surface area contributed by atoms with Crippen molar-refractivity contribution in [1.29, 1.82) is 0 Å². The van der Waals surface area contributed by atoms with Crippen LogP contribution >= 0.6 is 11.3 Å². The Bertz CT molecular complexity index is 762. The van der Waals surface area contributed by atoms with Gasteiger partial charge < -0.3 is 9.47 Å². The quantitative estimate of drug-likeness (QED) is 0.715. The molecule has 2 aromatic carbocycles. The van der Waals surface area contributed by atoms with Gasteiger partial charge in [-0.1, -0.05) is 41.7 Å². The fourth-order valence-corrected chi connectivity index (χ4v) is 2.37.